The molecule has 1 saturated heterocycles. The highest BCUT2D eigenvalue weighted by Crippen LogP contribution is 2.28. The Morgan fingerprint density at radius 1 is 1.18 bits per heavy atom. The number of ether oxygens (including phenoxy) is 1. The molecule has 1 aliphatic rings. The number of hydrogen-bond acceptors (Lipinski definition) is 6. The smallest absolute Gasteiger partial charge is 0.410 e. The molecule has 1 fully saturated rings. The summed E-state index contributed by atoms with van der Waals surface area (Å²) in [7, 11) is 1.78. The van der Waals surface area contributed by atoms with Crippen LogP contribution in [0.1, 0.15) is 54.9 Å². The zero-order valence-electron chi connectivity index (χ0n) is 18.9. The maximum atomic E-state index is 13.3. The molecule has 0 aliphatic carbocycles. The van der Waals surface area contributed by atoms with Crippen molar-refractivity contribution in [2.24, 2.45) is 0 Å². The van der Waals surface area contributed by atoms with Gasteiger partial charge in [-0.15, -0.1) is 0 Å². The van der Waals surface area contributed by atoms with Crippen molar-refractivity contribution in [2.75, 3.05) is 39.8 Å². The van der Waals surface area contributed by atoms with E-state index in [1.807, 2.05) is 53.4 Å². The average Bonchev–Trinajstić information content (AvgIpc) is 2.52. The number of nitrogens with zero attached hydrogens (tertiary/aromatic N) is 2. The fourth-order valence-corrected chi connectivity index (χ4v) is 3.42. The van der Waals surface area contributed by atoms with Gasteiger partial charge in [-0.2, -0.15) is 0 Å². The summed E-state index contributed by atoms with van der Waals surface area (Å²) in [6, 6.07) is 0. The maximum absolute atomic E-state index is 13.3. The molecule has 0 bridgehead atoms. The van der Waals surface area contributed by atoms with Crippen LogP contribution in [0.25, 0.3) is 0 Å². The second kappa shape index (κ2) is 9.41. The summed E-state index contributed by atoms with van der Waals surface area (Å²) in [5.41, 5.74) is -1.92. The molecular weight excluding hydrogens is 360 g/mol. The fourth-order valence-electron chi connectivity index (χ4n) is 3.42. The highest BCUT2D eigenvalue weighted by Gasteiger charge is 2.49. The van der Waals surface area contributed by atoms with E-state index >= 15 is 0 Å². The Bertz CT molecular complexity index is 541. The van der Waals surface area contributed by atoms with Crippen molar-refractivity contribution in [3.63, 3.8) is 0 Å². The highest BCUT2D eigenvalue weighted by atomic mass is 16.6. The summed E-state index contributed by atoms with van der Waals surface area (Å²) in [4.78, 5) is 29.6. The predicted molar refractivity (Wildman–Crippen MR) is 110 cm³/mol. The zero-order chi connectivity index (χ0) is 21.8. The minimum Gasteiger partial charge on any atom is -0.444 e. The Kier molecular flexibility index (Phi) is 8.29. The molecule has 0 saturated carbocycles. The van der Waals surface area contributed by atoms with E-state index in [4.69, 9.17) is 4.74 Å². The molecule has 164 valence electrons. The molecule has 0 radical (unpaired) electrons. The molecule has 0 aromatic carbocycles. The van der Waals surface area contributed by atoms with Crippen molar-refractivity contribution in [2.45, 2.75) is 77.7 Å². The van der Waals surface area contributed by atoms with Crippen LogP contribution in [-0.4, -0.2) is 89.5 Å². The number of aliphatic hydroxyl groups is 1. The standard InChI is InChI=1S/C20H40N4O4/c1-9-20(16(26)22-18(2,3)4)14-23(17(27)28-19(5,6)7)10-11-24(20)13-15(25)12-21-8/h15,21,25H,9-14H2,1-8H3,(H,22,26)/t15?,20-/m0/s1. The van der Waals surface area contributed by atoms with E-state index in [0.717, 1.165) is 0 Å². The lowest BCUT2D eigenvalue weighted by Crippen LogP contribution is -2.71. The number of carbonyl (C=O) groups excluding carboxylic acids is 2. The Morgan fingerprint density at radius 2 is 1.79 bits per heavy atom. The Hall–Kier alpha value is -1.38. The normalized spacial score (nSPS) is 22.7. The topological polar surface area (TPSA) is 94.1 Å². The number of aliphatic hydroxyl groups excluding tert-OH is 1. The van der Waals surface area contributed by atoms with Gasteiger partial charge < -0.3 is 25.4 Å². The molecule has 3 N–H and O–H groups in total. The monoisotopic (exact) mass is 400 g/mol. The van der Waals surface area contributed by atoms with Gasteiger partial charge in [0.1, 0.15) is 11.1 Å². The number of β-amino-alcohol motifs (C(OH)–C–C–N with tert-alkyl or cyclic N) is 1. The third-order valence-electron chi connectivity index (χ3n) is 4.72. The molecule has 1 rings (SSSR count). The first-order chi connectivity index (χ1) is 12.7. The van der Waals surface area contributed by atoms with Gasteiger partial charge in [-0.3, -0.25) is 9.69 Å². The molecule has 1 aliphatic heterocycles. The molecule has 0 aromatic heterocycles. The van der Waals surface area contributed by atoms with E-state index in [9.17, 15) is 14.7 Å². The molecular formula is C20H40N4O4. The number of piperazine rings is 1. The number of carbonyl (C=O) groups is 2. The van der Waals surface area contributed by atoms with Gasteiger partial charge in [0.25, 0.3) is 0 Å². The number of rotatable bonds is 6. The lowest BCUT2D eigenvalue weighted by atomic mass is 9.87. The van der Waals surface area contributed by atoms with E-state index in [-0.39, 0.29) is 12.5 Å². The van der Waals surface area contributed by atoms with Crippen molar-refractivity contribution in [3.05, 3.63) is 0 Å². The van der Waals surface area contributed by atoms with E-state index in [1.54, 1.807) is 11.9 Å². The minimum atomic E-state index is -0.919. The molecule has 1 heterocycles. The van der Waals surface area contributed by atoms with Crippen LogP contribution in [0.5, 0.6) is 0 Å². The molecule has 8 heteroatoms. The zero-order valence-corrected chi connectivity index (χ0v) is 18.9. The third kappa shape index (κ3) is 6.90. The number of likely N-dealkylation sites (N-methyl/N-ethyl adjacent to an activating group) is 1. The summed E-state index contributed by atoms with van der Waals surface area (Å²) in [5, 5.41) is 16.4. The van der Waals surface area contributed by atoms with Crippen LogP contribution < -0.4 is 10.6 Å². The summed E-state index contributed by atoms with van der Waals surface area (Å²) in [5.74, 6) is -0.132. The van der Waals surface area contributed by atoms with Gasteiger partial charge in [-0.05, 0) is 55.0 Å². The van der Waals surface area contributed by atoms with Crippen molar-refractivity contribution in [3.8, 4) is 0 Å². The first-order valence-electron chi connectivity index (χ1n) is 10.1. The van der Waals surface area contributed by atoms with Gasteiger partial charge in [0.05, 0.1) is 12.6 Å². The van der Waals surface area contributed by atoms with Crippen molar-refractivity contribution < 1.29 is 19.4 Å². The van der Waals surface area contributed by atoms with Gasteiger partial charge in [0.15, 0.2) is 0 Å². The van der Waals surface area contributed by atoms with Crippen LogP contribution in [0.4, 0.5) is 4.79 Å². The van der Waals surface area contributed by atoms with Crippen LogP contribution in [0.15, 0.2) is 0 Å². The lowest BCUT2D eigenvalue weighted by molar-refractivity contribution is -0.141. The average molecular weight is 401 g/mol. The quantitative estimate of drug-likeness (QED) is 0.620. The first-order valence-corrected chi connectivity index (χ1v) is 10.1. The van der Waals surface area contributed by atoms with E-state index < -0.39 is 28.9 Å². The summed E-state index contributed by atoms with van der Waals surface area (Å²) >= 11 is 0. The van der Waals surface area contributed by atoms with Crippen molar-refractivity contribution in [1.29, 1.82) is 0 Å². The van der Waals surface area contributed by atoms with Crippen LogP contribution in [0.3, 0.4) is 0 Å². The molecule has 0 aromatic rings. The van der Waals surface area contributed by atoms with Crippen LogP contribution in [-0.2, 0) is 9.53 Å². The van der Waals surface area contributed by atoms with Crippen LogP contribution >= 0.6 is 0 Å². The summed E-state index contributed by atoms with van der Waals surface area (Å²) in [6.07, 6.45) is -0.503. The minimum absolute atomic E-state index is 0.132. The highest BCUT2D eigenvalue weighted by molar-refractivity contribution is 5.88. The van der Waals surface area contributed by atoms with Gasteiger partial charge in [0.2, 0.25) is 5.91 Å². The molecule has 0 spiro atoms. The van der Waals surface area contributed by atoms with Crippen molar-refractivity contribution >= 4 is 12.0 Å². The van der Waals surface area contributed by atoms with Gasteiger partial charge in [-0.25, -0.2) is 4.79 Å². The molecule has 2 amide bonds. The Balaban J connectivity index is 3.15. The maximum Gasteiger partial charge on any atom is 0.410 e. The van der Waals surface area contributed by atoms with Gasteiger partial charge in [-0.1, -0.05) is 6.92 Å². The van der Waals surface area contributed by atoms with Gasteiger partial charge >= 0.3 is 6.09 Å². The largest absolute Gasteiger partial charge is 0.444 e. The second-order valence-electron chi connectivity index (χ2n) is 9.65. The molecule has 28 heavy (non-hydrogen) atoms. The predicted octanol–water partition coefficient (Wildman–Crippen LogP) is 1.18. The van der Waals surface area contributed by atoms with Gasteiger partial charge in [0, 0.05) is 31.7 Å². The Labute approximate surface area is 170 Å². The Morgan fingerprint density at radius 3 is 2.25 bits per heavy atom. The van der Waals surface area contributed by atoms with Crippen LogP contribution in [0.2, 0.25) is 0 Å². The van der Waals surface area contributed by atoms with E-state index in [2.05, 4.69) is 10.6 Å². The molecule has 8 nitrogen and oxygen atoms in total. The second-order valence-corrected chi connectivity index (χ2v) is 9.65. The first kappa shape index (κ1) is 24.7. The summed E-state index contributed by atoms with van der Waals surface area (Å²) < 4.78 is 5.53. The van der Waals surface area contributed by atoms with Crippen molar-refractivity contribution in [1.82, 2.24) is 20.4 Å². The fraction of sp³-hybridized carbons (Fsp3) is 0.900. The third-order valence-corrected chi connectivity index (χ3v) is 4.72. The molecule has 2 atom stereocenters. The number of amides is 2. The van der Waals surface area contributed by atoms with E-state index in [0.29, 0.717) is 32.6 Å². The lowest BCUT2D eigenvalue weighted by Gasteiger charge is -2.50. The van der Waals surface area contributed by atoms with Crippen LogP contribution in [0, 0.1) is 0 Å². The summed E-state index contributed by atoms with van der Waals surface area (Å²) in [6.45, 7) is 15.2. The number of nitrogens with one attached hydrogen (secondary N) is 2. The van der Waals surface area contributed by atoms with E-state index in [1.165, 1.54) is 0 Å². The molecule has 1 unspecified atom stereocenters. The SMILES string of the molecule is CC[C@@]1(C(=O)NC(C)(C)C)CN(C(=O)OC(C)(C)C)CCN1CC(O)CNC. The number of hydrogen-bond donors (Lipinski definition) is 3.